The zero-order valence-electron chi connectivity index (χ0n) is 13.6. The molecule has 0 saturated heterocycles. The van der Waals surface area contributed by atoms with E-state index in [1.807, 2.05) is 12.1 Å². The fourth-order valence-electron chi connectivity index (χ4n) is 3.03. The van der Waals surface area contributed by atoms with Gasteiger partial charge in [0.2, 0.25) is 0 Å². The molecule has 128 valence electrons. The maximum atomic E-state index is 11.2. The Hall–Kier alpha value is -2.02. The van der Waals surface area contributed by atoms with E-state index in [0.717, 1.165) is 35.7 Å². The van der Waals surface area contributed by atoms with Gasteiger partial charge in [-0.05, 0) is 43.9 Å². The average Bonchev–Trinajstić information content (AvgIpc) is 3.18. The van der Waals surface area contributed by atoms with Gasteiger partial charge < -0.3 is 14.6 Å². The number of aromatic nitrogens is 2. The molecular weight excluding hydrogens is 376 g/mol. The molecule has 1 aromatic carbocycles. The quantitative estimate of drug-likeness (QED) is 0.832. The van der Waals surface area contributed by atoms with Crippen molar-refractivity contribution in [1.29, 1.82) is 0 Å². The van der Waals surface area contributed by atoms with E-state index in [2.05, 4.69) is 21.0 Å². The smallest absolute Gasteiger partial charge is 0.356 e. The van der Waals surface area contributed by atoms with Gasteiger partial charge in [0.05, 0.1) is 18.9 Å². The van der Waals surface area contributed by atoms with Crippen LogP contribution in [0, 0.1) is 0 Å². The van der Waals surface area contributed by atoms with Crippen molar-refractivity contribution >= 4 is 21.9 Å². The molecule has 0 atom stereocenters. The van der Waals surface area contributed by atoms with Crippen molar-refractivity contribution in [3.05, 3.63) is 28.4 Å². The van der Waals surface area contributed by atoms with Crippen LogP contribution in [-0.4, -0.2) is 34.1 Å². The summed E-state index contributed by atoms with van der Waals surface area (Å²) in [6, 6.07) is 5.29. The Balaban J connectivity index is 2.11. The van der Waals surface area contributed by atoms with Crippen molar-refractivity contribution in [3.8, 4) is 22.8 Å². The number of nitrogens with zero attached hydrogens (tertiary/aromatic N) is 2. The molecule has 24 heavy (non-hydrogen) atoms. The van der Waals surface area contributed by atoms with Gasteiger partial charge in [-0.1, -0.05) is 15.9 Å². The second kappa shape index (κ2) is 6.84. The molecule has 0 amide bonds. The van der Waals surface area contributed by atoms with Crippen LogP contribution in [0.1, 0.15) is 36.2 Å². The van der Waals surface area contributed by atoms with Crippen LogP contribution in [0.15, 0.2) is 22.7 Å². The molecule has 0 aliphatic heterocycles. The first-order valence-electron chi connectivity index (χ1n) is 7.81. The monoisotopic (exact) mass is 394 g/mol. The number of carbonyl (C=O) groups is 1. The minimum Gasteiger partial charge on any atom is -0.493 e. The number of methoxy groups -OCH3 is 1. The lowest BCUT2D eigenvalue weighted by molar-refractivity contribution is 0.0689. The van der Waals surface area contributed by atoms with Crippen molar-refractivity contribution in [2.24, 2.45) is 7.05 Å². The molecular formula is C17H19BrN2O4. The minimum absolute atomic E-state index is 0.00161. The normalized spacial score (nSPS) is 14.8. The molecule has 1 N–H and O–H groups in total. The van der Waals surface area contributed by atoms with E-state index in [-0.39, 0.29) is 11.8 Å². The van der Waals surface area contributed by atoms with Crippen LogP contribution in [0.3, 0.4) is 0 Å². The number of carboxylic acids is 1. The lowest BCUT2D eigenvalue weighted by Crippen LogP contribution is -2.12. The van der Waals surface area contributed by atoms with E-state index >= 15 is 0 Å². The molecule has 1 aliphatic rings. The molecule has 6 nitrogen and oxygen atoms in total. The fraction of sp³-hybridized carbons (Fsp3) is 0.412. The summed E-state index contributed by atoms with van der Waals surface area (Å²) in [5.41, 5.74) is 1.42. The number of carboxylic acid groups (broad SMARTS) is 1. The molecule has 1 heterocycles. The number of hydrogen-bond acceptors (Lipinski definition) is 4. The molecule has 0 radical (unpaired) electrons. The summed E-state index contributed by atoms with van der Waals surface area (Å²) in [6.45, 7) is 0. The summed E-state index contributed by atoms with van der Waals surface area (Å²) in [6.07, 6.45) is 4.52. The van der Waals surface area contributed by atoms with Gasteiger partial charge in [0, 0.05) is 17.1 Å². The van der Waals surface area contributed by atoms with Crippen molar-refractivity contribution in [3.63, 3.8) is 0 Å². The lowest BCUT2D eigenvalue weighted by Gasteiger charge is -2.19. The maximum absolute atomic E-state index is 11.2. The van der Waals surface area contributed by atoms with E-state index in [1.165, 1.54) is 0 Å². The third-order valence-electron chi connectivity index (χ3n) is 4.20. The molecule has 0 spiro atoms. The second-order valence-corrected chi connectivity index (χ2v) is 6.77. The van der Waals surface area contributed by atoms with Gasteiger partial charge >= 0.3 is 5.97 Å². The van der Waals surface area contributed by atoms with Gasteiger partial charge in [0.25, 0.3) is 0 Å². The average molecular weight is 395 g/mol. The second-order valence-electron chi connectivity index (χ2n) is 5.85. The zero-order valence-corrected chi connectivity index (χ0v) is 15.2. The van der Waals surface area contributed by atoms with Crippen LogP contribution in [0.25, 0.3) is 11.3 Å². The van der Waals surface area contributed by atoms with E-state index in [9.17, 15) is 9.90 Å². The van der Waals surface area contributed by atoms with Crippen LogP contribution in [0.2, 0.25) is 0 Å². The first-order valence-corrected chi connectivity index (χ1v) is 8.60. The molecule has 2 aromatic rings. The molecule has 1 fully saturated rings. The summed E-state index contributed by atoms with van der Waals surface area (Å²) in [7, 11) is 3.31. The van der Waals surface area contributed by atoms with Crippen LogP contribution in [-0.2, 0) is 7.05 Å². The largest absolute Gasteiger partial charge is 0.493 e. The van der Waals surface area contributed by atoms with Gasteiger partial charge in [0.15, 0.2) is 17.2 Å². The first-order chi connectivity index (χ1) is 11.5. The van der Waals surface area contributed by atoms with Crippen LogP contribution >= 0.6 is 15.9 Å². The van der Waals surface area contributed by atoms with Crippen molar-refractivity contribution < 1.29 is 19.4 Å². The Labute approximate surface area is 148 Å². The summed E-state index contributed by atoms with van der Waals surface area (Å²) < 4.78 is 14.1. The summed E-state index contributed by atoms with van der Waals surface area (Å²) in [4.78, 5) is 11.2. The van der Waals surface area contributed by atoms with Gasteiger partial charge in [-0.25, -0.2) is 4.79 Å². The van der Waals surface area contributed by atoms with Gasteiger partial charge in [-0.3, -0.25) is 4.68 Å². The van der Waals surface area contributed by atoms with Crippen LogP contribution in [0.4, 0.5) is 0 Å². The molecule has 3 rings (SSSR count). The fourth-order valence-corrected chi connectivity index (χ4v) is 3.47. The molecule has 7 heteroatoms. The number of hydrogen-bond donors (Lipinski definition) is 1. The molecule has 0 unspecified atom stereocenters. The number of rotatable bonds is 5. The highest BCUT2D eigenvalue weighted by molar-refractivity contribution is 9.10. The van der Waals surface area contributed by atoms with E-state index in [1.54, 1.807) is 24.9 Å². The van der Waals surface area contributed by atoms with Gasteiger partial charge in [-0.15, -0.1) is 0 Å². The lowest BCUT2D eigenvalue weighted by atomic mass is 10.1. The van der Waals surface area contributed by atoms with Crippen LogP contribution in [0.5, 0.6) is 11.5 Å². The number of aromatic carboxylic acids is 1. The molecule has 1 aliphatic carbocycles. The Kier molecular flexibility index (Phi) is 4.80. The SMILES string of the molecule is COc1cc(Br)cc(-c2cc(C(=O)O)nn2C)c1OC1CCCC1. The Morgan fingerprint density at radius 3 is 2.62 bits per heavy atom. The number of halogens is 1. The predicted octanol–water partition coefficient (Wildman–Crippen LogP) is 3.88. The first kappa shape index (κ1) is 16.8. The van der Waals surface area contributed by atoms with E-state index in [0.29, 0.717) is 17.2 Å². The van der Waals surface area contributed by atoms with Crippen molar-refractivity contribution in [1.82, 2.24) is 9.78 Å². The highest BCUT2D eigenvalue weighted by atomic mass is 79.9. The Morgan fingerprint density at radius 2 is 2.04 bits per heavy atom. The molecule has 1 saturated carbocycles. The predicted molar refractivity (Wildman–Crippen MR) is 92.7 cm³/mol. The maximum Gasteiger partial charge on any atom is 0.356 e. The summed E-state index contributed by atoms with van der Waals surface area (Å²) in [5, 5.41) is 13.2. The number of aryl methyl sites for hydroxylation is 1. The van der Waals surface area contributed by atoms with E-state index in [4.69, 9.17) is 9.47 Å². The highest BCUT2D eigenvalue weighted by Crippen LogP contribution is 2.42. The number of ether oxygens (including phenoxy) is 2. The third-order valence-corrected chi connectivity index (χ3v) is 4.66. The highest BCUT2D eigenvalue weighted by Gasteiger charge is 2.24. The molecule has 0 bridgehead atoms. The van der Waals surface area contributed by atoms with Crippen molar-refractivity contribution in [2.45, 2.75) is 31.8 Å². The minimum atomic E-state index is -1.06. The van der Waals surface area contributed by atoms with Crippen molar-refractivity contribution in [2.75, 3.05) is 7.11 Å². The molecule has 1 aromatic heterocycles. The van der Waals surface area contributed by atoms with Gasteiger partial charge in [0.1, 0.15) is 0 Å². The summed E-state index contributed by atoms with van der Waals surface area (Å²) in [5.74, 6) is 0.189. The standard InChI is InChI=1S/C17H19BrN2O4/c1-20-14(9-13(19-20)17(21)22)12-7-10(18)8-15(23-2)16(12)24-11-5-3-4-6-11/h7-9,11H,3-6H2,1-2H3,(H,21,22). The van der Waals surface area contributed by atoms with E-state index < -0.39 is 5.97 Å². The van der Waals surface area contributed by atoms with Gasteiger partial charge in [-0.2, -0.15) is 5.10 Å². The Morgan fingerprint density at radius 1 is 1.33 bits per heavy atom. The Bertz CT molecular complexity index is 766. The summed E-state index contributed by atoms with van der Waals surface area (Å²) >= 11 is 3.48. The topological polar surface area (TPSA) is 73.6 Å². The zero-order chi connectivity index (χ0) is 17.3. The van der Waals surface area contributed by atoms with Crippen LogP contribution < -0.4 is 9.47 Å². The third kappa shape index (κ3) is 3.26. The number of benzene rings is 1.